The normalized spacial score (nSPS) is 10.8. The first-order valence-corrected chi connectivity index (χ1v) is 8.13. The van der Waals surface area contributed by atoms with Gasteiger partial charge in [0.25, 0.3) is 0 Å². The molecule has 0 bridgehead atoms. The molecular weight excluding hydrogens is 284 g/mol. The lowest BCUT2D eigenvalue weighted by atomic mass is 10.1. The molecule has 0 unspecified atom stereocenters. The van der Waals surface area contributed by atoms with Crippen molar-refractivity contribution in [1.29, 1.82) is 0 Å². The SMILES string of the molecule is O=C(C=CCCCCCCCCC(=O)NCCO)NCCO. The Balaban J connectivity index is 3.28. The largest absolute Gasteiger partial charge is 0.395 e. The van der Waals surface area contributed by atoms with Gasteiger partial charge in [-0.25, -0.2) is 0 Å². The molecule has 0 saturated heterocycles. The smallest absolute Gasteiger partial charge is 0.243 e. The van der Waals surface area contributed by atoms with Gasteiger partial charge in [-0.15, -0.1) is 0 Å². The maximum absolute atomic E-state index is 11.3. The van der Waals surface area contributed by atoms with E-state index in [-0.39, 0.29) is 25.0 Å². The van der Waals surface area contributed by atoms with Crippen molar-refractivity contribution in [1.82, 2.24) is 10.6 Å². The van der Waals surface area contributed by atoms with Crippen LogP contribution in [0.3, 0.4) is 0 Å². The molecule has 0 spiro atoms. The second-order valence-corrected chi connectivity index (χ2v) is 5.15. The van der Waals surface area contributed by atoms with Crippen LogP contribution in [0.1, 0.15) is 51.4 Å². The zero-order chi connectivity index (χ0) is 16.5. The number of hydrogen-bond donors (Lipinski definition) is 4. The number of rotatable bonds is 14. The molecule has 0 fully saturated rings. The van der Waals surface area contributed by atoms with E-state index in [2.05, 4.69) is 10.6 Å². The fourth-order valence-corrected chi connectivity index (χ4v) is 1.97. The number of nitrogens with one attached hydrogen (secondary N) is 2. The molecule has 0 aliphatic carbocycles. The fourth-order valence-electron chi connectivity index (χ4n) is 1.97. The molecule has 6 nitrogen and oxygen atoms in total. The third-order valence-corrected chi connectivity index (χ3v) is 3.14. The Hall–Kier alpha value is -1.40. The van der Waals surface area contributed by atoms with Gasteiger partial charge in [-0.05, 0) is 25.3 Å². The molecule has 22 heavy (non-hydrogen) atoms. The summed E-state index contributed by atoms with van der Waals surface area (Å²) in [5.41, 5.74) is 0. The first-order valence-electron chi connectivity index (χ1n) is 8.13. The van der Waals surface area contributed by atoms with Crippen LogP contribution in [0.15, 0.2) is 12.2 Å². The van der Waals surface area contributed by atoms with Gasteiger partial charge < -0.3 is 20.8 Å². The van der Waals surface area contributed by atoms with Gasteiger partial charge in [0.05, 0.1) is 13.2 Å². The van der Waals surface area contributed by atoms with Crippen molar-refractivity contribution in [2.45, 2.75) is 51.4 Å². The fraction of sp³-hybridized carbons (Fsp3) is 0.750. The molecule has 0 aliphatic rings. The molecule has 128 valence electrons. The molecule has 0 aliphatic heterocycles. The van der Waals surface area contributed by atoms with Crippen molar-refractivity contribution >= 4 is 11.8 Å². The van der Waals surface area contributed by atoms with Crippen LogP contribution in [-0.4, -0.2) is 48.3 Å². The molecule has 6 heteroatoms. The third-order valence-electron chi connectivity index (χ3n) is 3.14. The highest BCUT2D eigenvalue weighted by atomic mass is 16.3. The van der Waals surface area contributed by atoms with E-state index in [1.54, 1.807) is 0 Å². The number of aliphatic hydroxyl groups is 2. The molecule has 0 aromatic carbocycles. The second kappa shape index (κ2) is 16.0. The number of carbonyl (C=O) groups is 2. The van der Waals surface area contributed by atoms with Crippen LogP contribution in [0.5, 0.6) is 0 Å². The number of amides is 2. The summed E-state index contributed by atoms with van der Waals surface area (Å²) in [6.45, 7) is 0.581. The number of aliphatic hydroxyl groups excluding tert-OH is 2. The molecule has 4 N–H and O–H groups in total. The lowest BCUT2D eigenvalue weighted by Crippen LogP contribution is -2.25. The first kappa shape index (κ1) is 20.6. The van der Waals surface area contributed by atoms with Gasteiger partial charge in [0.2, 0.25) is 11.8 Å². The standard InChI is InChI=1S/C16H30N2O4/c19-13-11-17-15(21)9-7-5-3-1-2-4-6-8-10-16(22)18-12-14-20/h7,9,19-20H,1-6,8,10-14H2,(H,17,21)(H,18,22). The number of allylic oxidation sites excluding steroid dienone is 1. The van der Waals surface area contributed by atoms with Gasteiger partial charge in [-0.2, -0.15) is 0 Å². The van der Waals surface area contributed by atoms with Gasteiger partial charge in [0, 0.05) is 19.5 Å². The summed E-state index contributed by atoms with van der Waals surface area (Å²) >= 11 is 0. The Labute approximate surface area is 133 Å². The van der Waals surface area contributed by atoms with E-state index in [0.29, 0.717) is 19.5 Å². The summed E-state index contributed by atoms with van der Waals surface area (Å²) in [7, 11) is 0. The minimum Gasteiger partial charge on any atom is -0.395 e. The van der Waals surface area contributed by atoms with Crippen molar-refractivity contribution in [3.8, 4) is 0 Å². The van der Waals surface area contributed by atoms with Crippen molar-refractivity contribution in [2.24, 2.45) is 0 Å². The van der Waals surface area contributed by atoms with Crippen molar-refractivity contribution in [3.63, 3.8) is 0 Å². The van der Waals surface area contributed by atoms with Gasteiger partial charge in [-0.1, -0.05) is 31.8 Å². The van der Waals surface area contributed by atoms with Crippen LogP contribution in [-0.2, 0) is 9.59 Å². The van der Waals surface area contributed by atoms with Gasteiger partial charge in [-0.3, -0.25) is 9.59 Å². The highest BCUT2D eigenvalue weighted by molar-refractivity contribution is 5.87. The molecule has 0 radical (unpaired) electrons. The van der Waals surface area contributed by atoms with E-state index in [9.17, 15) is 9.59 Å². The quantitative estimate of drug-likeness (QED) is 0.282. The summed E-state index contributed by atoms with van der Waals surface area (Å²) < 4.78 is 0. The van der Waals surface area contributed by atoms with E-state index in [1.165, 1.54) is 6.08 Å². The lowest BCUT2D eigenvalue weighted by molar-refractivity contribution is -0.121. The summed E-state index contributed by atoms with van der Waals surface area (Å²) in [4.78, 5) is 22.4. The Kier molecular flexibility index (Phi) is 15.0. The molecular formula is C16H30N2O4. The maximum atomic E-state index is 11.3. The molecule has 0 atom stereocenters. The first-order chi connectivity index (χ1) is 10.7. The number of unbranched alkanes of at least 4 members (excludes halogenated alkanes) is 6. The molecule has 0 aromatic rings. The Morgan fingerprint density at radius 3 is 2.09 bits per heavy atom. The molecule has 2 amide bonds. The highest BCUT2D eigenvalue weighted by Gasteiger charge is 1.99. The topological polar surface area (TPSA) is 98.7 Å². The van der Waals surface area contributed by atoms with E-state index >= 15 is 0 Å². The summed E-state index contributed by atoms with van der Waals surface area (Å²) in [5, 5.41) is 22.3. The zero-order valence-corrected chi connectivity index (χ0v) is 13.4. The van der Waals surface area contributed by atoms with Crippen molar-refractivity contribution in [3.05, 3.63) is 12.2 Å². The monoisotopic (exact) mass is 314 g/mol. The average molecular weight is 314 g/mol. The second-order valence-electron chi connectivity index (χ2n) is 5.15. The van der Waals surface area contributed by atoms with Crippen LogP contribution < -0.4 is 10.6 Å². The van der Waals surface area contributed by atoms with E-state index in [0.717, 1.165) is 44.9 Å². The Morgan fingerprint density at radius 1 is 0.818 bits per heavy atom. The van der Waals surface area contributed by atoms with Crippen LogP contribution >= 0.6 is 0 Å². The predicted octanol–water partition coefficient (Wildman–Crippen LogP) is 0.880. The van der Waals surface area contributed by atoms with Crippen LogP contribution in [0.4, 0.5) is 0 Å². The molecule has 0 rings (SSSR count). The summed E-state index contributed by atoms with van der Waals surface area (Å²) in [6.07, 6.45) is 11.2. The maximum Gasteiger partial charge on any atom is 0.243 e. The number of carbonyl (C=O) groups excluding carboxylic acids is 2. The van der Waals surface area contributed by atoms with Gasteiger partial charge in [0.1, 0.15) is 0 Å². The minimum atomic E-state index is -0.159. The number of hydrogen-bond acceptors (Lipinski definition) is 4. The summed E-state index contributed by atoms with van der Waals surface area (Å²) in [6, 6.07) is 0. The highest BCUT2D eigenvalue weighted by Crippen LogP contribution is 2.08. The van der Waals surface area contributed by atoms with Crippen molar-refractivity contribution < 1.29 is 19.8 Å². The molecule has 0 heterocycles. The molecule has 0 saturated carbocycles. The van der Waals surface area contributed by atoms with Gasteiger partial charge in [0.15, 0.2) is 0 Å². The molecule has 0 aromatic heterocycles. The summed E-state index contributed by atoms with van der Waals surface area (Å²) in [5.74, 6) is -0.146. The van der Waals surface area contributed by atoms with E-state index < -0.39 is 0 Å². The van der Waals surface area contributed by atoms with E-state index in [1.807, 2.05) is 6.08 Å². The van der Waals surface area contributed by atoms with Crippen LogP contribution in [0.2, 0.25) is 0 Å². The predicted molar refractivity (Wildman–Crippen MR) is 86.3 cm³/mol. The minimum absolute atomic E-state index is 0.0106. The van der Waals surface area contributed by atoms with Gasteiger partial charge >= 0.3 is 0 Å². The van der Waals surface area contributed by atoms with Crippen LogP contribution in [0.25, 0.3) is 0 Å². The average Bonchev–Trinajstić information content (AvgIpc) is 2.52. The lowest BCUT2D eigenvalue weighted by Gasteiger charge is -2.03. The zero-order valence-electron chi connectivity index (χ0n) is 13.4. The van der Waals surface area contributed by atoms with Crippen molar-refractivity contribution in [2.75, 3.05) is 26.3 Å². The third kappa shape index (κ3) is 15.0. The Bertz CT molecular complexity index is 319. The van der Waals surface area contributed by atoms with E-state index in [4.69, 9.17) is 10.2 Å². The Morgan fingerprint density at radius 2 is 1.41 bits per heavy atom. The van der Waals surface area contributed by atoms with Crippen LogP contribution in [0, 0.1) is 0 Å².